The Kier molecular flexibility index (Phi) is 6.49. The SMILES string of the molecule is O=C(O)CCN1CCC(CN[C@@H]2CC2c2ccccc2)(Cc2ccc(F)cc2)CC1. The number of carboxylic acid groups (broad SMARTS) is 1. The predicted octanol–water partition coefficient (Wildman–Crippen LogP) is 4.07. The molecule has 160 valence electrons. The van der Waals surface area contributed by atoms with Gasteiger partial charge in [-0.1, -0.05) is 42.5 Å². The largest absolute Gasteiger partial charge is 0.481 e. The van der Waals surface area contributed by atoms with Crippen molar-refractivity contribution in [1.29, 1.82) is 0 Å². The number of nitrogens with one attached hydrogen (secondary N) is 1. The van der Waals surface area contributed by atoms with Gasteiger partial charge in [-0.05, 0) is 67.4 Å². The van der Waals surface area contributed by atoms with Crippen molar-refractivity contribution in [3.05, 3.63) is 71.5 Å². The number of carbonyl (C=O) groups is 1. The van der Waals surface area contributed by atoms with E-state index in [9.17, 15) is 9.18 Å². The number of hydrogen-bond donors (Lipinski definition) is 2. The molecule has 0 radical (unpaired) electrons. The van der Waals surface area contributed by atoms with Crippen molar-refractivity contribution in [2.24, 2.45) is 5.41 Å². The lowest BCUT2D eigenvalue weighted by Gasteiger charge is -2.42. The van der Waals surface area contributed by atoms with Crippen molar-refractivity contribution in [1.82, 2.24) is 10.2 Å². The van der Waals surface area contributed by atoms with Crippen molar-refractivity contribution in [3.8, 4) is 0 Å². The second kappa shape index (κ2) is 9.27. The standard InChI is InChI=1S/C25H31FN2O2/c26-21-8-6-19(7-9-21)17-25(11-14-28(15-12-25)13-10-24(29)30)18-27-23-16-22(23)20-4-2-1-3-5-20/h1-9,22-23,27H,10-18H2,(H,29,30)/t22?,23-/m1/s1. The summed E-state index contributed by atoms with van der Waals surface area (Å²) < 4.78 is 13.4. The van der Waals surface area contributed by atoms with Crippen LogP contribution in [0.25, 0.3) is 0 Å². The Morgan fingerprint density at radius 1 is 1.10 bits per heavy atom. The van der Waals surface area contributed by atoms with Crippen LogP contribution < -0.4 is 5.32 Å². The topological polar surface area (TPSA) is 52.6 Å². The summed E-state index contributed by atoms with van der Waals surface area (Å²) in [6, 6.07) is 18.1. The molecule has 0 spiro atoms. The fourth-order valence-corrected chi connectivity index (χ4v) is 4.79. The van der Waals surface area contributed by atoms with Crippen LogP contribution in [0.4, 0.5) is 4.39 Å². The third kappa shape index (κ3) is 5.46. The second-order valence-electron chi connectivity index (χ2n) is 9.03. The zero-order valence-corrected chi connectivity index (χ0v) is 17.4. The van der Waals surface area contributed by atoms with Crippen molar-refractivity contribution in [3.63, 3.8) is 0 Å². The van der Waals surface area contributed by atoms with Crippen molar-refractivity contribution in [2.45, 2.75) is 44.1 Å². The minimum Gasteiger partial charge on any atom is -0.481 e. The average molecular weight is 411 g/mol. The summed E-state index contributed by atoms with van der Waals surface area (Å²) in [6.45, 7) is 3.41. The van der Waals surface area contributed by atoms with Crippen LogP contribution in [-0.4, -0.2) is 48.2 Å². The molecular formula is C25H31FN2O2. The maximum absolute atomic E-state index is 13.4. The molecule has 1 aliphatic heterocycles. The molecule has 4 rings (SSSR count). The summed E-state index contributed by atoms with van der Waals surface area (Å²) in [6.07, 6.45) is 4.36. The van der Waals surface area contributed by atoms with E-state index in [4.69, 9.17) is 5.11 Å². The first kappa shape index (κ1) is 21.0. The van der Waals surface area contributed by atoms with Crippen LogP contribution >= 0.6 is 0 Å². The number of halogens is 1. The minimum absolute atomic E-state index is 0.126. The summed E-state index contributed by atoms with van der Waals surface area (Å²) >= 11 is 0. The molecule has 2 fully saturated rings. The number of aliphatic carboxylic acids is 1. The van der Waals surface area contributed by atoms with Gasteiger partial charge >= 0.3 is 5.97 Å². The maximum atomic E-state index is 13.4. The molecule has 2 aromatic rings. The van der Waals surface area contributed by atoms with Gasteiger partial charge in [-0.3, -0.25) is 4.79 Å². The molecule has 2 aliphatic rings. The third-order valence-electron chi connectivity index (χ3n) is 6.81. The van der Waals surface area contributed by atoms with Gasteiger partial charge in [0.05, 0.1) is 6.42 Å². The summed E-state index contributed by atoms with van der Waals surface area (Å²) in [5.74, 6) is -0.330. The number of hydrogen-bond acceptors (Lipinski definition) is 3. The fraction of sp³-hybridized carbons (Fsp3) is 0.480. The van der Waals surface area contributed by atoms with Crippen LogP contribution in [0.5, 0.6) is 0 Å². The van der Waals surface area contributed by atoms with Gasteiger partial charge in [0.15, 0.2) is 0 Å². The average Bonchev–Trinajstić information content (AvgIpc) is 3.54. The highest BCUT2D eigenvalue weighted by Crippen LogP contribution is 2.42. The van der Waals surface area contributed by atoms with Gasteiger partial charge in [-0.2, -0.15) is 0 Å². The molecule has 0 amide bonds. The normalized spacial score (nSPS) is 23.2. The van der Waals surface area contributed by atoms with Gasteiger partial charge in [0, 0.05) is 25.0 Å². The third-order valence-corrected chi connectivity index (χ3v) is 6.81. The van der Waals surface area contributed by atoms with Crippen LogP contribution in [-0.2, 0) is 11.2 Å². The quantitative estimate of drug-likeness (QED) is 0.654. The summed E-state index contributed by atoms with van der Waals surface area (Å²) in [4.78, 5) is 13.2. The predicted molar refractivity (Wildman–Crippen MR) is 116 cm³/mol. The van der Waals surface area contributed by atoms with Gasteiger partial charge in [-0.15, -0.1) is 0 Å². The van der Waals surface area contributed by atoms with E-state index in [2.05, 4.69) is 40.5 Å². The zero-order chi connectivity index (χ0) is 21.0. The molecular weight excluding hydrogens is 379 g/mol. The molecule has 1 unspecified atom stereocenters. The Balaban J connectivity index is 1.38. The maximum Gasteiger partial charge on any atom is 0.304 e. The molecule has 2 aromatic carbocycles. The Labute approximate surface area is 178 Å². The molecule has 30 heavy (non-hydrogen) atoms. The molecule has 0 aromatic heterocycles. The lowest BCUT2D eigenvalue weighted by atomic mass is 9.73. The highest BCUT2D eigenvalue weighted by Gasteiger charge is 2.41. The van der Waals surface area contributed by atoms with E-state index < -0.39 is 5.97 Å². The number of piperidine rings is 1. The first-order valence-corrected chi connectivity index (χ1v) is 11.0. The Morgan fingerprint density at radius 3 is 2.47 bits per heavy atom. The van der Waals surface area contributed by atoms with Crippen molar-refractivity contribution >= 4 is 5.97 Å². The van der Waals surface area contributed by atoms with Crippen LogP contribution in [0.3, 0.4) is 0 Å². The number of rotatable bonds is 9. The first-order valence-electron chi connectivity index (χ1n) is 11.0. The highest BCUT2D eigenvalue weighted by molar-refractivity contribution is 5.66. The second-order valence-corrected chi connectivity index (χ2v) is 9.03. The van der Waals surface area contributed by atoms with Crippen molar-refractivity contribution in [2.75, 3.05) is 26.2 Å². The molecule has 1 saturated heterocycles. The van der Waals surface area contributed by atoms with Gasteiger partial charge in [0.1, 0.15) is 5.82 Å². The van der Waals surface area contributed by atoms with E-state index in [0.29, 0.717) is 18.5 Å². The zero-order valence-electron chi connectivity index (χ0n) is 17.4. The highest BCUT2D eigenvalue weighted by atomic mass is 19.1. The van der Waals surface area contributed by atoms with Gasteiger partial charge in [0.25, 0.3) is 0 Å². The molecule has 1 saturated carbocycles. The van der Waals surface area contributed by atoms with E-state index in [1.807, 2.05) is 12.1 Å². The van der Waals surface area contributed by atoms with E-state index >= 15 is 0 Å². The molecule has 5 heteroatoms. The van der Waals surface area contributed by atoms with Crippen LogP contribution in [0.15, 0.2) is 54.6 Å². The smallest absolute Gasteiger partial charge is 0.304 e. The number of benzene rings is 2. The monoisotopic (exact) mass is 410 g/mol. The first-order chi connectivity index (χ1) is 14.5. The number of nitrogens with zero attached hydrogens (tertiary/aromatic N) is 1. The van der Waals surface area contributed by atoms with Crippen LogP contribution in [0.1, 0.15) is 42.7 Å². The Bertz CT molecular complexity index is 832. The lowest BCUT2D eigenvalue weighted by molar-refractivity contribution is -0.137. The molecule has 2 atom stereocenters. The van der Waals surface area contributed by atoms with E-state index in [0.717, 1.165) is 38.9 Å². The summed E-state index contributed by atoms with van der Waals surface area (Å²) in [5, 5.41) is 12.8. The molecule has 2 N–H and O–H groups in total. The summed E-state index contributed by atoms with van der Waals surface area (Å²) in [5.41, 5.74) is 2.71. The van der Waals surface area contributed by atoms with E-state index in [1.165, 1.54) is 17.5 Å². The van der Waals surface area contributed by atoms with Crippen molar-refractivity contribution < 1.29 is 14.3 Å². The van der Waals surface area contributed by atoms with E-state index in [1.54, 1.807) is 12.1 Å². The number of carboxylic acids is 1. The van der Waals surface area contributed by atoms with Crippen LogP contribution in [0, 0.1) is 11.2 Å². The Morgan fingerprint density at radius 2 is 1.80 bits per heavy atom. The minimum atomic E-state index is -0.736. The molecule has 1 heterocycles. The molecule has 4 nitrogen and oxygen atoms in total. The van der Waals surface area contributed by atoms with Gasteiger partial charge in [0.2, 0.25) is 0 Å². The lowest BCUT2D eigenvalue weighted by Crippen LogP contribution is -2.47. The summed E-state index contributed by atoms with van der Waals surface area (Å²) in [7, 11) is 0. The Hall–Kier alpha value is -2.24. The van der Waals surface area contributed by atoms with Gasteiger partial charge < -0.3 is 15.3 Å². The van der Waals surface area contributed by atoms with E-state index in [-0.39, 0.29) is 17.7 Å². The number of likely N-dealkylation sites (tertiary alicyclic amines) is 1. The van der Waals surface area contributed by atoms with Crippen LogP contribution in [0.2, 0.25) is 0 Å². The van der Waals surface area contributed by atoms with Gasteiger partial charge in [-0.25, -0.2) is 4.39 Å². The fourth-order valence-electron chi connectivity index (χ4n) is 4.79. The molecule has 0 bridgehead atoms. The molecule has 1 aliphatic carbocycles.